The Bertz CT molecular complexity index is 1460. The number of nitrogens with zero attached hydrogens (tertiary/aromatic N) is 1. The van der Waals surface area contributed by atoms with Gasteiger partial charge in [0.05, 0.1) is 26.9 Å². The number of sulfone groups is 1. The summed E-state index contributed by atoms with van der Waals surface area (Å²) in [5.41, 5.74) is 3.25. The van der Waals surface area contributed by atoms with E-state index in [0.29, 0.717) is 5.56 Å². The van der Waals surface area contributed by atoms with Crippen LogP contribution in [0.5, 0.6) is 0 Å². The van der Waals surface area contributed by atoms with Gasteiger partial charge >= 0.3 is 12.1 Å². The van der Waals surface area contributed by atoms with Gasteiger partial charge in [-0.25, -0.2) is 18.6 Å². The van der Waals surface area contributed by atoms with Gasteiger partial charge in [0, 0.05) is 11.8 Å². The number of carboxylic acid groups (broad SMARTS) is 1. The summed E-state index contributed by atoms with van der Waals surface area (Å²) < 4.78 is 64.5. The third kappa shape index (κ3) is 5.04. The molecule has 0 aromatic heterocycles. The zero-order chi connectivity index (χ0) is 25.5. The van der Waals surface area contributed by atoms with E-state index in [0.717, 1.165) is 12.3 Å². The Morgan fingerprint density at radius 2 is 1.74 bits per heavy atom. The number of para-hydroxylation sites is 1. The smallest absolute Gasteiger partial charge is 0.409 e. The van der Waals surface area contributed by atoms with Crippen LogP contribution >= 0.6 is 11.6 Å². The van der Waals surface area contributed by atoms with E-state index in [4.69, 9.17) is 11.6 Å². The molecule has 6 nitrogen and oxygen atoms in total. The maximum atomic E-state index is 13.6. The van der Waals surface area contributed by atoms with Gasteiger partial charge in [-0.2, -0.15) is 13.2 Å². The third-order valence-electron chi connectivity index (χ3n) is 5.40. The van der Waals surface area contributed by atoms with Crippen LogP contribution in [0.15, 0.2) is 77.7 Å². The van der Waals surface area contributed by atoms with Crippen LogP contribution in [0.4, 0.5) is 18.9 Å². The molecule has 0 saturated heterocycles. The lowest BCUT2D eigenvalue weighted by molar-refractivity contribution is -0.142. The van der Waals surface area contributed by atoms with Gasteiger partial charge in [-0.15, -0.1) is 0 Å². The Morgan fingerprint density at radius 3 is 2.37 bits per heavy atom. The molecule has 182 valence electrons. The summed E-state index contributed by atoms with van der Waals surface area (Å²) in [4.78, 5) is 12.1. The van der Waals surface area contributed by atoms with Crippen molar-refractivity contribution in [3.8, 4) is 11.1 Å². The molecule has 0 fully saturated rings. The van der Waals surface area contributed by atoms with Crippen molar-refractivity contribution in [1.29, 1.82) is 0 Å². The molecule has 0 spiro atoms. The minimum Gasteiger partial charge on any atom is -0.478 e. The van der Waals surface area contributed by atoms with Crippen molar-refractivity contribution >= 4 is 38.8 Å². The Kier molecular flexibility index (Phi) is 6.39. The number of hydrogen-bond donors (Lipinski definition) is 2. The number of rotatable bonds is 5. The van der Waals surface area contributed by atoms with Crippen LogP contribution in [-0.4, -0.2) is 38.0 Å². The number of carbonyl (C=O) groups is 1. The number of benzene rings is 3. The first-order valence-corrected chi connectivity index (χ1v) is 12.4. The Labute approximate surface area is 204 Å². The van der Waals surface area contributed by atoms with E-state index in [2.05, 4.69) is 5.43 Å². The summed E-state index contributed by atoms with van der Waals surface area (Å²) in [7, 11) is -3.54. The highest BCUT2D eigenvalue weighted by Crippen LogP contribution is 2.38. The lowest BCUT2D eigenvalue weighted by Gasteiger charge is -2.26. The van der Waals surface area contributed by atoms with Crippen molar-refractivity contribution in [3.05, 3.63) is 89.0 Å². The number of anilines is 1. The van der Waals surface area contributed by atoms with E-state index in [-0.39, 0.29) is 38.0 Å². The van der Waals surface area contributed by atoms with Crippen LogP contribution in [0.25, 0.3) is 16.8 Å². The molecule has 2 N–H and O–H groups in total. The number of nitrogens with one attached hydrogen (secondary N) is 1. The summed E-state index contributed by atoms with van der Waals surface area (Å²) in [6.45, 7) is 0. The fourth-order valence-corrected chi connectivity index (χ4v) is 4.62. The highest BCUT2D eigenvalue weighted by atomic mass is 35.5. The molecule has 1 atom stereocenters. The van der Waals surface area contributed by atoms with Gasteiger partial charge in [-0.3, -0.25) is 5.01 Å². The highest BCUT2D eigenvalue weighted by molar-refractivity contribution is 7.90. The van der Waals surface area contributed by atoms with Crippen LogP contribution in [0.2, 0.25) is 5.02 Å². The lowest BCUT2D eigenvalue weighted by atomic mass is 9.96. The number of aromatic carboxylic acids is 1. The van der Waals surface area contributed by atoms with E-state index in [9.17, 15) is 31.5 Å². The number of alkyl halides is 3. The number of halogens is 4. The summed E-state index contributed by atoms with van der Waals surface area (Å²) in [5, 5.41) is 11.2. The second-order valence-corrected chi connectivity index (χ2v) is 10.3. The van der Waals surface area contributed by atoms with E-state index in [1.807, 2.05) is 0 Å². The predicted octanol–water partition coefficient (Wildman–Crippen LogP) is 5.41. The zero-order valence-corrected chi connectivity index (χ0v) is 19.6. The highest BCUT2D eigenvalue weighted by Gasteiger charge is 2.44. The number of hydrogen-bond acceptors (Lipinski definition) is 5. The predicted molar refractivity (Wildman–Crippen MR) is 127 cm³/mol. The average molecular weight is 523 g/mol. The Balaban J connectivity index is 1.85. The molecule has 3 aromatic rings. The summed E-state index contributed by atoms with van der Waals surface area (Å²) >= 11 is 6.22. The lowest BCUT2D eigenvalue weighted by Crippen LogP contribution is -2.44. The van der Waals surface area contributed by atoms with Crippen LogP contribution in [-0.2, 0) is 9.84 Å². The van der Waals surface area contributed by atoms with Crippen LogP contribution in [0, 0.1) is 0 Å². The molecule has 0 bridgehead atoms. The fourth-order valence-electron chi connectivity index (χ4n) is 3.73. The Hall–Kier alpha value is -3.34. The molecule has 0 amide bonds. The van der Waals surface area contributed by atoms with Crippen molar-refractivity contribution in [2.24, 2.45) is 0 Å². The van der Waals surface area contributed by atoms with Crippen molar-refractivity contribution < 1.29 is 31.5 Å². The molecule has 1 aliphatic heterocycles. The molecule has 3 aromatic carbocycles. The molecule has 1 heterocycles. The minimum atomic E-state index is -4.61. The van der Waals surface area contributed by atoms with Gasteiger partial charge in [0.2, 0.25) is 0 Å². The molecule has 11 heteroatoms. The third-order valence-corrected chi connectivity index (χ3v) is 6.83. The SMILES string of the molecule is CS(=O)(=O)c1cccc(-c2ccc(C3=CC(C(F)(F)F)NN3c3ccccc3Cl)cc2C(=O)O)c1. The van der Waals surface area contributed by atoms with Crippen molar-refractivity contribution in [3.63, 3.8) is 0 Å². The molecule has 0 saturated carbocycles. The quantitative estimate of drug-likeness (QED) is 0.466. The van der Waals surface area contributed by atoms with Gasteiger partial charge in [0.15, 0.2) is 9.84 Å². The fraction of sp³-hybridized carbons (Fsp3) is 0.125. The molecule has 35 heavy (non-hydrogen) atoms. The summed E-state index contributed by atoms with van der Waals surface area (Å²) in [5.74, 6) is -1.32. The average Bonchev–Trinajstić information content (AvgIpc) is 3.24. The van der Waals surface area contributed by atoms with Crippen LogP contribution < -0.4 is 10.4 Å². The van der Waals surface area contributed by atoms with E-state index in [1.165, 1.54) is 53.5 Å². The first-order chi connectivity index (χ1) is 16.4. The molecular weight excluding hydrogens is 505 g/mol. The second kappa shape index (κ2) is 9.03. The molecular formula is C24H18ClF3N2O4S. The standard InChI is InChI=1S/C24H18ClF3N2O4S/c1-35(33,34)16-6-4-5-14(11-16)17-10-9-15(12-18(17)23(31)32)21-13-22(24(26,27)28)29-30(21)20-8-3-2-7-19(20)25/h2-13,22,29H,1H3,(H,31,32). The number of carboxylic acids is 1. The summed E-state index contributed by atoms with van der Waals surface area (Å²) in [6, 6.07) is 14.2. The van der Waals surface area contributed by atoms with E-state index in [1.54, 1.807) is 18.2 Å². The van der Waals surface area contributed by atoms with Gasteiger partial charge in [-0.1, -0.05) is 48.0 Å². The maximum Gasteiger partial charge on any atom is 0.409 e. The summed E-state index contributed by atoms with van der Waals surface area (Å²) in [6.07, 6.45) is -2.62. The molecule has 1 aliphatic rings. The Morgan fingerprint density at radius 1 is 1.03 bits per heavy atom. The van der Waals surface area contributed by atoms with E-state index < -0.39 is 28.0 Å². The normalized spacial score (nSPS) is 16.3. The van der Waals surface area contributed by atoms with Crippen molar-refractivity contribution in [1.82, 2.24) is 5.43 Å². The van der Waals surface area contributed by atoms with Crippen LogP contribution in [0.3, 0.4) is 0 Å². The maximum absolute atomic E-state index is 13.6. The molecule has 4 rings (SSSR count). The molecule has 1 unspecified atom stereocenters. The monoisotopic (exact) mass is 522 g/mol. The van der Waals surface area contributed by atoms with Gasteiger partial charge < -0.3 is 5.11 Å². The first-order valence-electron chi connectivity index (χ1n) is 10.1. The van der Waals surface area contributed by atoms with Crippen molar-refractivity contribution in [2.45, 2.75) is 17.1 Å². The van der Waals surface area contributed by atoms with Gasteiger partial charge in [0.1, 0.15) is 6.04 Å². The van der Waals surface area contributed by atoms with Crippen molar-refractivity contribution in [2.75, 3.05) is 11.3 Å². The van der Waals surface area contributed by atoms with Crippen LogP contribution in [0.1, 0.15) is 15.9 Å². The molecule has 0 aliphatic carbocycles. The van der Waals surface area contributed by atoms with Gasteiger partial charge in [-0.05, 0) is 47.5 Å². The number of hydrazine groups is 1. The van der Waals surface area contributed by atoms with E-state index >= 15 is 0 Å². The first kappa shape index (κ1) is 24.8. The minimum absolute atomic E-state index is 0.0102. The molecule has 0 radical (unpaired) electrons. The largest absolute Gasteiger partial charge is 0.478 e. The zero-order valence-electron chi connectivity index (χ0n) is 18.0. The second-order valence-electron chi connectivity index (χ2n) is 7.85. The topological polar surface area (TPSA) is 86.7 Å². The van der Waals surface area contributed by atoms with Gasteiger partial charge in [0.25, 0.3) is 0 Å².